The van der Waals surface area contributed by atoms with E-state index in [1.165, 1.54) is 11.1 Å². The molecule has 0 amide bonds. The lowest BCUT2D eigenvalue weighted by atomic mass is 9.95. The minimum absolute atomic E-state index is 0.557. The average Bonchev–Trinajstić information content (AvgIpc) is 3.10. The standard InChI is InChI=1S/C18H19N3/c1-12-17-10-20-9-14(17)11-21(12)18-7-6-13(8-19)15-4-2-3-5-16(15)18/h2-7,12,14,17,20H,9-11H2,1H3. The summed E-state index contributed by atoms with van der Waals surface area (Å²) in [6.45, 7) is 5.73. The first-order chi connectivity index (χ1) is 10.3. The lowest BCUT2D eigenvalue weighted by molar-refractivity contribution is 0.472. The number of rotatable bonds is 1. The largest absolute Gasteiger partial charge is 0.368 e. The highest BCUT2D eigenvalue weighted by Gasteiger charge is 2.42. The van der Waals surface area contributed by atoms with E-state index in [2.05, 4.69) is 47.5 Å². The Labute approximate surface area is 125 Å². The van der Waals surface area contributed by atoms with Gasteiger partial charge in [0.05, 0.1) is 11.6 Å². The van der Waals surface area contributed by atoms with Gasteiger partial charge >= 0.3 is 0 Å². The van der Waals surface area contributed by atoms with Crippen LogP contribution >= 0.6 is 0 Å². The molecule has 0 aliphatic carbocycles. The topological polar surface area (TPSA) is 39.1 Å². The van der Waals surface area contributed by atoms with Gasteiger partial charge in [-0.3, -0.25) is 0 Å². The maximum atomic E-state index is 9.30. The van der Waals surface area contributed by atoms with Crippen molar-refractivity contribution < 1.29 is 0 Å². The third kappa shape index (κ3) is 1.83. The summed E-state index contributed by atoms with van der Waals surface area (Å²) in [6, 6.07) is 15.2. The molecule has 2 aliphatic heterocycles. The summed E-state index contributed by atoms with van der Waals surface area (Å²) in [4.78, 5) is 2.54. The van der Waals surface area contributed by atoms with E-state index in [1.807, 2.05) is 12.1 Å². The number of anilines is 1. The van der Waals surface area contributed by atoms with Gasteiger partial charge in [-0.15, -0.1) is 0 Å². The monoisotopic (exact) mass is 277 g/mol. The van der Waals surface area contributed by atoms with Crippen LogP contribution in [0.15, 0.2) is 36.4 Å². The lowest BCUT2D eigenvalue weighted by Crippen LogP contribution is -2.33. The number of benzene rings is 2. The van der Waals surface area contributed by atoms with E-state index in [1.54, 1.807) is 0 Å². The van der Waals surface area contributed by atoms with Crippen LogP contribution in [0.2, 0.25) is 0 Å². The van der Waals surface area contributed by atoms with Crippen LogP contribution in [-0.2, 0) is 0 Å². The summed E-state index contributed by atoms with van der Waals surface area (Å²) >= 11 is 0. The number of nitrogens with one attached hydrogen (secondary N) is 1. The molecule has 4 rings (SSSR count). The molecule has 2 saturated heterocycles. The fourth-order valence-corrected chi connectivity index (χ4v) is 4.12. The third-order valence-electron chi connectivity index (χ3n) is 5.27. The smallest absolute Gasteiger partial charge is 0.0998 e. The number of nitrogens with zero attached hydrogens (tertiary/aromatic N) is 2. The summed E-state index contributed by atoms with van der Waals surface area (Å²) in [5.74, 6) is 1.51. The molecule has 3 atom stereocenters. The Hall–Kier alpha value is -2.05. The summed E-state index contributed by atoms with van der Waals surface area (Å²) in [6.07, 6.45) is 0. The fraction of sp³-hybridized carbons (Fsp3) is 0.389. The average molecular weight is 277 g/mol. The van der Waals surface area contributed by atoms with Gasteiger partial charge in [0.2, 0.25) is 0 Å². The molecule has 0 bridgehead atoms. The fourth-order valence-electron chi connectivity index (χ4n) is 4.12. The number of hydrogen-bond donors (Lipinski definition) is 1. The van der Waals surface area contributed by atoms with E-state index in [-0.39, 0.29) is 0 Å². The minimum Gasteiger partial charge on any atom is -0.368 e. The molecule has 1 N–H and O–H groups in total. The molecule has 106 valence electrons. The molecule has 3 unspecified atom stereocenters. The molecule has 3 heteroatoms. The minimum atomic E-state index is 0.557. The van der Waals surface area contributed by atoms with Crippen molar-refractivity contribution in [2.24, 2.45) is 11.8 Å². The number of nitriles is 1. The number of fused-ring (bicyclic) bond motifs is 2. The molecule has 2 aromatic rings. The van der Waals surface area contributed by atoms with Gasteiger partial charge < -0.3 is 10.2 Å². The summed E-state index contributed by atoms with van der Waals surface area (Å²) in [7, 11) is 0. The van der Waals surface area contributed by atoms with Gasteiger partial charge in [-0.05, 0) is 30.9 Å². The van der Waals surface area contributed by atoms with Crippen LogP contribution in [0.4, 0.5) is 5.69 Å². The second-order valence-electron chi connectivity index (χ2n) is 6.26. The highest BCUT2D eigenvalue weighted by Crippen LogP contribution is 2.39. The normalized spacial score (nSPS) is 27.8. The van der Waals surface area contributed by atoms with Crippen LogP contribution in [0.5, 0.6) is 0 Å². The van der Waals surface area contributed by atoms with Crippen LogP contribution in [-0.4, -0.2) is 25.7 Å². The van der Waals surface area contributed by atoms with Gasteiger partial charge in [0.25, 0.3) is 0 Å². The van der Waals surface area contributed by atoms with Crippen LogP contribution in [0, 0.1) is 23.2 Å². The Morgan fingerprint density at radius 1 is 1.14 bits per heavy atom. The van der Waals surface area contributed by atoms with E-state index in [0.717, 1.165) is 42.4 Å². The maximum absolute atomic E-state index is 9.30. The molecule has 2 heterocycles. The third-order valence-corrected chi connectivity index (χ3v) is 5.27. The Morgan fingerprint density at radius 2 is 1.95 bits per heavy atom. The SMILES string of the molecule is CC1C2CNCC2CN1c1ccc(C#N)c2ccccc12. The van der Waals surface area contributed by atoms with Gasteiger partial charge in [0.1, 0.15) is 0 Å². The van der Waals surface area contributed by atoms with Gasteiger partial charge in [0, 0.05) is 42.1 Å². The first-order valence-corrected chi connectivity index (χ1v) is 7.69. The van der Waals surface area contributed by atoms with Gasteiger partial charge in [-0.25, -0.2) is 0 Å². The van der Waals surface area contributed by atoms with Crippen LogP contribution < -0.4 is 10.2 Å². The zero-order chi connectivity index (χ0) is 14.4. The van der Waals surface area contributed by atoms with E-state index in [4.69, 9.17) is 0 Å². The lowest BCUT2D eigenvalue weighted by Gasteiger charge is -2.28. The van der Waals surface area contributed by atoms with E-state index in [9.17, 15) is 5.26 Å². The van der Waals surface area contributed by atoms with Crippen LogP contribution in [0.1, 0.15) is 12.5 Å². The van der Waals surface area contributed by atoms with Crippen molar-refractivity contribution in [1.29, 1.82) is 5.26 Å². The highest BCUT2D eigenvalue weighted by atomic mass is 15.2. The molecule has 21 heavy (non-hydrogen) atoms. The van der Waals surface area contributed by atoms with Crippen molar-refractivity contribution in [3.05, 3.63) is 42.0 Å². The van der Waals surface area contributed by atoms with Crippen molar-refractivity contribution in [1.82, 2.24) is 5.32 Å². The predicted octanol–water partition coefficient (Wildman–Crippen LogP) is 2.76. The van der Waals surface area contributed by atoms with Crippen molar-refractivity contribution in [2.45, 2.75) is 13.0 Å². The van der Waals surface area contributed by atoms with Crippen molar-refractivity contribution in [3.8, 4) is 6.07 Å². The van der Waals surface area contributed by atoms with Crippen LogP contribution in [0.3, 0.4) is 0 Å². The Balaban J connectivity index is 1.83. The van der Waals surface area contributed by atoms with E-state index < -0.39 is 0 Å². The molecular formula is C18H19N3. The van der Waals surface area contributed by atoms with Crippen molar-refractivity contribution in [2.75, 3.05) is 24.5 Å². The quantitative estimate of drug-likeness (QED) is 0.871. The molecule has 0 aromatic heterocycles. The molecule has 0 saturated carbocycles. The molecule has 2 fully saturated rings. The first-order valence-electron chi connectivity index (χ1n) is 7.69. The Morgan fingerprint density at radius 3 is 2.71 bits per heavy atom. The predicted molar refractivity (Wildman–Crippen MR) is 85.3 cm³/mol. The van der Waals surface area contributed by atoms with Gasteiger partial charge in [-0.1, -0.05) is 24.3 Å². The summed E-state index contributed by atoms with van der Waals surface area (Å²) in [5.41, 5.74) is 2.05. The molecular weight excluding hydrogens is 258 g/mol. The maximum Gasteiger partial charge on any atom is 0.0998 e. The highest BCUT2D eigenvalue weighted by molar-refractivity contribution is 5.98. The molecule has 2 aliphatic rings. The molecule has 3 nitrogen and oxygen atoms in total. The van der Waals surface area contributed by atoms with Crippen molar-refractivity contribution >= 4 is 16.5 Å². The summed E-state index contributed by atoms with van der Waals surface area (Å²) in [5, 5.41) is 15.1. The Bertz CT molecular complexity index is 731. The zero-order valence-electron chi connectivity index (χ0n) is 12.2. The van der Waals surface area contributed by atoms with E-state index >= 15 is 0 Å². The summed E-state index contributed by atoms with van der Waals surface area (Å²) < 4.78 is 0. The second-order valence-corrected chi connectivity index (χ2v) is 6.26. The Kier molecular flexibility index (Phi) is 2.87. The molecule has 2 aromatic carbocycles. The second kappa shape index (κ2) is 4.75. The molecule has 0 radical (unpaired) electrons. The molecule has 0 spiro atoms. The van der Waals surface area contributed by atoms with E-state index in [0.29, 0.717) is 6.04 Å². The zero-order valence-corrected chi connectivity index (χ0v) is 12.2. The van der Waals surface area contributed by atoms with Gasteiger partial charge in [-0.2, -0.15) is 5.26 Å². The number of hydrogen-bond acceptors (Lipinski definition) is 3. The first kappa shape index (κ1) is 12.7. The van der Waals surface area contributed by atoms with Crippen molar-refractivity contribution in [3.63, 3.8) is 0 Å². The van der Waals surface area contributed by atoms with Crippen LogP contribution in [0.25, 0.3) is 10.8 Å². The van der Waals surface area contributed by atoms with Gasteiger partial charge in [0.15, 0.2) is 0 Å².